The van der Waals surface area contributed by atoms with E-state index in [4.69, 9.17) is 4.74 Å². The van der Waals surface area contributed by atoms with E-state index in [0.29, 0.717) is 23.5 Å². The number of hydrogen-bond donors (Lipinski definition) is 0. The zero-order chi connectivity index (χ0) is 22.8. The molecule has 0 aliphatic heterocycles. The van der Waals surface area contributed by atoms with Crippen LogP contribution in [-0.4, -0.2) is 50.0 Å². The average Bonchev–Trinajstić information content (AvgIpc) is 3.35. The van der Waals surface area contributed by atoms with Gasteiger partial charge in [0.05, 0.1) is 6.54 Å². The molecule has 3 aromatic heterocycles. The SMILES string of the molecule is Cc1nc2nc(C(F)(F)F)nn2c(C)c1CCC(=O)OCC(=O)N(C)Cc1cccs1. The maximum atomic E-state index is 12.9. The van der Waals surface area contributed by atoms with Gasteiger partial charge >= 0.3 is 12.1 Å². The van der Waals surface area contributed by atoms with Gasteiger partial charge in [0, 0.05) is 29.7 Å². The van der Waals surface area contributed by atoms with Crippen molar-refractivity contribution in [2.24, 2.45) is 0 Å². The first-order valence-electron chi connectivity index (χ1n) is 9.28. The number of rotatable bonds is 7. The molecule has 1 amide bonds. The number of hydrogen-bond acceptors (Lipinski definition) is 7. The summed E-state index contributed by atoms with van der Waals surface area (Å²) in [6.07, 6.45) is -4.56. The van der Waals surface area contributed by atoms with E-state index in [1.54, 1.807) is 20.9 Å². The molecule has 166 valence electrons. The molecule has 0 bridgehead atoms. The van der Waals surface area contributed by atoms with Crippen molar-refractivity contribution in [2.75, 3.05) is 13.7 Å². The summed E-state index contributed by atoms with van der Waals surface area (Å²) in [5, 5.41) is 5.38. The third-order valence-electron chi connectivity index (χ3n) is 4.64. The van der Waals surface area contributed by atoms with Gasteiger partial charge in [-0.1, -0.05) is 6.07 Å². The number of ether oxygens (including phenoxy) is 1. The summed E-state index contributed by atoms with van der Waals surface area (Å²) in [7, 11) is 1.62. The van der Waals surface area contributed by atoms with Crippen molar-refractivity contribution < 1.29 is 27.5 Å². The van der Waals surface area contributed by atoms with Crippen molar-refractivity contribution in [3.05, 3.63) is 45.2 Å². The Labute approximate surface area is 179 Å². The summed E-state index contributed by atoms with van der Waals surface area (Å²) in [5.41, 5.74) is 1.43. The fourth-order valence-electron chi connectivity index (χ4n) is 2.97. The Morgan fingerprint density at radius 1 is 1.26 bits per heavy atom. The third-order valence-corrected chi connectivity index (χ3v) is 5.50. The monoisotopic (exact) mass is 455 g/mol. The Hall–Kier alpha value is -3.02. The van der Waals surface area contributed by atoms with Crippen LogP contribution in [0.2, 0.25) is 0 Å². The highest BCUT2D eigenvalue weighted by atomic mass is 32.1. The standard InChI is InChI=1S/C19H20F3N5O3S/c1-11-14(12(2)27-18(23-11)24-17(25-27)19(20,21)22)6-7-16(29)30-10-15(28)26(3)9-13-5-4-8-31-13/h4-5,8H,6-7,9-10H2,1-3H3. The lowest BCUT2D eigenvalue weighted by Crippen LogP contribution is -2.30. The fourth-order valence-corrected chi connectivity index (χ4v) is 3.72. The van der Waals surface area contributed by atoms with Gasteiger partial charge in [-0.15, -0.1) is 16.4 Å². The molecule has 0 spiro atoms. The number of halogens is 3. The van der Waals surface area contributed by atoms with Crippen LogP contribution in [0, 0.1) is 13.8 Å². The predicted octanol–water partition coefficient (Wildman–Crippen LogP) is 2.96. The molecule has 0 saturated carbocycles. The fraction of sp³-hybridized carbons (Fsp3) is 0.421. The van der Waals surface area contributed by atoms with E-state index < -0.39 is 18.0 Å². The van der Waals surface area contributed by atoms with Gasteiger partial charge in [0.2, 0.25) is 0 Å². The van der Waals surface area contributed by atoms with Gasteiger partial charge in [-0.05, 0) is 37.3 Å². The molecule has 3 aromatic rings. The Morgan fingerprint density at radius 3 is 2.65 bits per heavy atom. The molecular weight excluding hydrogens is 435 g/mol. The van der Waals surface area contributed by atoms with Gasteiger partial charge in [-0.3, -0.25) is 9.59 Å². The Bertz CT molecular complexity index is 1100. The van der Waals surface area contributed by atoms with Crippen LogP contribution in [-0.2, 0) is 33.5 Å². The molecule has 0 aliphatic carbocycles. The summed E-state index contributed by atoms with van der Waals surface area (Å²) in [6.45, 7) is 3.25. The molecule has 3 rings (SSSR count). The van der Waals surface area contributed by atoms with Crippen molar-refractivity contribution >= 4 is 29.0 Å². The molecular formula is C19H20F3N5O3S. The number of aryl methyl sites for hydroxylation is 2. The summed E-state index contributed by atoms with van der Waals surface area (Å²) in [5.74, 6) is -2.36. The van der Waals surface area contributed by atoms with Crippen LogP contribution in [0.25, 0.3) is 5.78 Å². The van der Waals surface area contributed by atoms with Crippen molar-refractivity contribution in [1.82, 2.24) is 24.5 Å². The van der Waals surface area contributed by atoms with Crippen LogP contribution in [0.15, 0.2) is 17.5 Å². The number of thiophene rings is 1. The van der Waals surface area contributed by atoms with Crippen LogP contribution < -0.4 is 0 Å². The van der Waals surface area contributed by atoms with E-state index >= 15 is 0 Å². The van der Waals surface area contributed by atoms with Gasteiger partial charge in [-0.2, -0.15) is 18.2 Å². The number of carbonyl (C=O) groups is 2. The van der Waals surface area contributed by atoms with Gasteiger partial charge in [0.15, 0.2) is 6.61 Å². The van der Waals surface area contributed by atoms with Crippen LogP contribution >= 0.6 is 11.3 Å². The molecule has 0 atom stereocenters. The number of esters is 1. The topological polar surface area (TPSA) is 89.7 Å². The van der Waals surface area contributed by atoms with Crippen LogP contribution in [0.3, 0.4) is 0 Å². The lowest BCUT2D eigenvalue weighted by molar-refractivity contribution is -0.151. The zero-order valence-electron chi connectivity index (χ0n) is 17.1. The minimum absolute atomic E-state index is 0.0579. The van der Waals surface area contributed by atoms with Crippen LogP contribution in [0.5, 0.6) is 0 Å². The lowest BCUT2D eigenvalue weighted by atomic mass is 10.1. The van der Waals surface area contributed by atoms with Crippen molar-refractivity contribution in [1.29, 1.82) is 0 Å². The maximum absolute atomic E-state index is 12.9. The van der Waals surface area contributed by atoms with Gasteiger partial charge in [0.1, 0.15) is 0 Å². The first-order chi connectivity index (χ1) is 14.6. The summed E-state index contributed by atoms with van der Waals surface area (Å²) < 4.78 is 44.7. The number of aromatic nitrogens is 4. The molecule has 8 nitrogen and oxygen atoms in total. The van der Waals surface area contributed by atoms with Gasteiger partial charge in [0.25, 0.3) is 17.5 Å². The van der Waals surface area contributed by atoms with Crippen molar-refractivity contribution in [2.45, 2.75) is 39.4 Å². The summed E-state index contributed by atoms with van der Waals surface area (Å²) in [6, 6.07) is 3.79. The van der Waals surface area contributed by atoms with Crippen molar-refractivity contribution in [3.8, 4) is 0 Å². The van der Waals surface area contributed by atoms with E-state index in [1.165, 1.54) is 16.2 Å². The minimum atomic E-state index is -4.68. The second-order valence-corrected chi connectivity index (χ2v) is 7.93. The molecule has 0 radical (unpaired) electrons. The smallest absolute Gasteiger partial charge is 0.453 e. The second-order valence-electron chi connectivity index (χ2n) is 6.90. The Morgan fingerprint density at radius 2 is 2.00 bits per heavy atom. The largest absolute Gasteiger partial charge is 0.456 e. The van der Waals surface area contributed by atoms with E-state index in [-0.39, 0.29) is 31.1 Å². The maximum Gasteiger partial charge on any atom is 0.453 e. The molecule has 0 aromatic carbocycles. The molecule has 0 unspecified atom stereocenters. The number of nitrogens with zero attached hydrogens (tertiary/aromatic N) is 5. The highest BCUT2D eigenvalue weighted by Crippen LogP contribution is 2.27. The molecule has 12 heteroatoms. The second kappa shape index (κ2) is 9.00. The lowest BCUT2D eigenvalue weighted by Gasteiger charge is -2.16. The summed E-state index contributed by atoms with van der Waals surface area (Å²) >= 11 is 1.52. The first kappa shape index (κ1) is 22.7. The molecule has 3 heterocycles. The number of alkyl halides is 3. The van der Waals surface area contributed by atoms with Crippen LogP contribution in [0.4, 0.5) is 13.2 Å². The van der Waals surface area contributed by atoms with Gasteiger partial charge in [-0.25, -0.2) is 9.50 Å². The molecule has 0 N–H and O–H groups in total. The Balaban J connectivity index is 1.58. The normalized spacial score (nSPS) is 11.7. The van der Waals surface area contributed by atoms with E-state index in [9.17, 15) is 22.8 Å². The molecule has 0 fully saturated rings. The molecule has 0 saturated heterocycles. The quantitative estimate of drug-likeness (QED) is 0.509. The summed E-state index contributed by atoms with van der Waals surface area (Å²) in [4.78, 5) is 34.2. The molecule has 31 heavy (non-hydrogen) atoms. The van der Waals surface area contributed by atoms with Crippen LogP contribution in [0.1, 0.15) is 34.1 Å². The van der Waals surface area contributed by atoms with Gasteiger partial charge < -0.3 is 9.64 Å². The Kier molecular flexibility index (Phi) is 6.58. The number of fused-ring (bicyclic) bond motifs is 1. The van der Waals surface area contributed by atoms with E-state index in [0.717, 1.165) is 9.39 Å². The predicted molar refractivity (Wildman–Crippen MR) is 105 cm³/mol. The highest BCUT2D eigenvalue weighted by Gasteiger charge is 2.37. The number of amides is 1. The number of likely N-dealkylation sites (N-methyl/N-ethyl adjacent to an activating group) is 1. The zero-order valence-corrected chi connectivity index (χ0v) is 17.9. The minimum Gasteiger partial charge on any atom is -0.456 e. The number of carbonyl (C=O) groups excluding carboxylic acids is 2. The highest BCUT2D eigenvalue weighted by molar-refractivity contribution is 7.09. The van der Waals surface area contributed by atoms with E-state index in [1.807, 2.05) is 17.5 Å². The third kappa shape index (κ3) is 5.37. The molecule has 0 aliphatic rings. The first-order valence-corrected chi connectivity index (χ1v) is 10.2. The van der Waals surface area contributed by atoms with E-state index in [2.05, 4.69) is 15.1 Å². The van der Waals surface area contributed by atoms with Crippen molar-refractivity contribution in [3.63, 3.8) is 0 Å². The average molecular weight is 455 g/mol.